The van der Waals surface area contributed by atoms with Crippen LogP contribution in [0, 0.1) is 46.2 Å². The first kappa shape index (κ1) is 72.3. The largest absolute Gasteiger partial charge is 0.481 e. The van der Waals surface area contributed by atoms with Crippen molar-refractivity contribution < 1.29 is 45.5 Å². The van der Waals surface area contributed by atoms with Crippen LogP contribution in [0.25, 0.3) is 68.3 Å². The average molecular weight is 1470 g/mol. The molecule has 33 heteroatoms. The third kappa shape index (κ3) is 18.0. The van der Waals surface area contributed by atoms with Crippen molar-refractivity contribution in [2.75, 3.05) is 100 Å². The quantitative estimate of drug-likeness (QED) is 0.0643. The molecule has 0 spiro atoms. The van der Waals surface area contributed by atoms with Crippen LogP contribution in [-0.2, 0) is 34.0 Å². The van der Waals surface area contributed by atoms with Gasteiger partial charge >= 0.3 is 0 Å². The second kappa shape index (κ2) is 33.2. The van der Waals surface area contributed by atoms with Gasteiger partial charge in [-0.15, -0.1) is 15.3 Å². The molecule has 9 heterocycles. The number of piperazine rings is 3. The zero-order valence-electron chi connectivity index (χ0n) is 57.0. The van der Waals surface area contributed by atoms with Crippen molar-refractivity contribution in [1.29, 1.82) is 5.26 Å². The van der Waals surface area contributed by atoms with Crippen molar-refractivity contribution in [3.63, 3.8) is 0 Å². The highest BCUT2D eigenvalue weighted by Crippen LogP contribution is 2.29. The van der Waals surface area contributed by atoms with Crippen LogP contribution in [0.4, 0.5) is 44.1 Å². The number of carbonyl (C=O) groups is 3. The second-order valence-corrected chi connectivity index (χ2v) is 24.7. The summed E-state index contributed by atoms with van der Waals surface area (Å²) in [7, 11) is 1.55. The Morgan fingerprint density at radius 3 is 1.05 bits per heavy atom. The first-order chi connectivity index (χ1) is 51.9. The molecule has 3 fully saturated rings. The van der Waals surface area contributed by atoms with Crippen molar-refractivity contribution in [2.24, 2.45) is 0 Å². The third-order valence-corrected chi connectivity index (χ3v) is 17.7. The fourth-order valence-corrected chi connectivity index (χ4v) is 11.9. The predicted molar refractivity (Wildman–Crippen MR) is 381 cm³/mol. The zero-order valence-corrected chi connectivity index (χ0v) is 57.8. The Morgan fingerprint density at radius 2 is 0.720 bits per heavy atom. The number of ether oxygens (including phenoxy) is 1. The van der Waals surface area contributed by atoms with Crippen LogP contribution in [0.2, 0.25) is 5.15 Å². The van der Waals surface area contributed by atoms with E-state index in [0.29, 0.717) is 170 Å². The Hall–Kier alpha value is -13.1. The summed E-state index contributed by atoms with van der Waals surface area (Å²) in [5.74, 6) is 1.84. The molecule has 15 rings (SSSR count). The summed E-state index contributed by atoms with van der Waals surface area (Å²) in [6.45, 7) is 6.11. The number of amides is 3. The van der Waals surface area contributed by atoms with Crippen LogP contribution in [0.15, 0.2) is 183 Å². The number of rotatable bonds is 16. The fourth-order valence-electron chi connectivity index (χ4n) is 11.8. The third-order valence-electron chi connectivity index (χ3n) is 17.5. The highest BCUT2D eigenvalue weighted by Gasteiger charge is 2.29. The van der Waals surface area contributed by atoms with Gasteiger partial charge in [-0.2, -0.15) is 10.2 Å². The van der Waals surface area contributed by atoms with E-state index in [2.05, 4.69) is 60.2 Å². The summed E-state index contributed by atoms with van der Waals surface area (Å²) in [4.78, 5) is 89.7. The van der Waals surface area contributed by atoms with E-state index < -0.39 is 0 Å². The number of anilines is 3. The number of methoxy groups -OCH3 is 1. The SMILES string of the molecule is COc1ccnc(N2CCN(C(=O)Cn3nc(-c4ccc(F)cc4)nc3-c3ccc(F)cc3)CC2)n1.N#Cc1ccnc(N2CCN(C(=O)Cn3nc(-c4ccc(F)cc4)nc3-c3ccc(F)cc3)CC2)n1.O=C(Cn1nc(-c2ccc(F)cc2)nc1-c1ccc(F)cc1)N1CCN(c2cc(Cl)ncn2)CC1. The molecule has 0 radical (unpaired) electrons. The monoisotopic (exact) mass is 1470 g/mol. The highest BCUT2D eigenvalue weighted by atomic mass is 35.5. The number of nitrogens with zero attached hydrogens (tertiary/aromatic N) is 22. The van der Waals surface area contributed by atoms with E-state index in [-0.39, 0.29) is 78.0 Å². The van der Waals surface area contributed by atoms with Gasteiger partial charge in [-0.25, -0.2) is 80.3 Å². The van der Waals surface area contributed by atoms with Crippen molar-refractivity contribution in [3.05, 3.63) is 228 Å². The van der Waals surface area contributed by atoms with E-state index >= 15 is 0 Å². The van der Waals surface area contributed by atoms with Gasteiger partial charge in [0, 0.05) is 136 Å². The number of nitriles is 1. The minimum Gasteiger partial charge on any atom is -0.481 e. The van der Waals surface area contributed by atoms with Gasteiger partial charge in [-0.1, -0.05) is 11.6 Å². The summed E-state index contributed by atoms with van der Waals surface area (Å²) in [6, 6.07) is 41.7. The first-order valence-electron chi connectivity index (χ1n) is 33.5. The summed E-state index contributed by atoms with van der Waals surface area (Å²) < 4.78 is 90.3. The molecule has 6 aromatic carbocycles. The van der Waals surface area contributed by atoms with Gasteiger partial charge < -0.3 is 34.1 Å². The molecular weight excluding hydrogens is 1410 g/mol. The number of halogens is 7. The topological polar surface area (TPSA) is 273 Å². The Labute approximate surface area is 612 Å². The molecule has 0 saturated carbocycles. The Balaban J connectivity index is 0.000000142. The molecular formula is C74H63ClF6N22O4. The molecule has 3 aliphatic rings. The summed E-state index contributed by atoms with van der Waals surface area (Å²) in [5.41, 5.74) is 3.94. The van der Waals surface area contributed by atoms with Crippen LogP contribution in [0.3, 0.4) is 0 Å². The normalized spacial score (nSPS) is 13.6. The lowest BCUT2D eigenvalue weighted by atomic mass is 10.2. The van der Waals surface area contributed by atoms with Gasteiger partial charge in [0.05, 0.1) is 7.11 Å². The minimum atomic E-state index is -0.387. The van der Waals surface area contributed by atoms with Gasteiger partial charge in [0.1, 0.15) is 83.6 Å². The summed E-state index contributed by atoms with van der Waals surface area (Å²) >= 11 is 5.96. The molecule has 6 aromatic heterocycles. The molecule has 12 aromatic rings. The molecule has 0 unspecified atom stereocenters. The molecule has 26 nitrogen and oxygen atoms in total. The first-order valence-corrected chi connectivity index (χ1v) is 33.9. The molecule has 3 saturated heterocycles. The fraction of sp³-hybridized carbons (Fsp3) is 0.216. The predicted octanol–water partition coefficient (Wildman–Crippen LogP) is 9.62. The van der Waals surface area contributed by atoms with Crippen LogP contribution in [-0.4, -0.2) is 192 Å². The maximum atomic E-state index is 13.5. The van der Waals surface area contributed by atoms with Crippen LogP contribution >= 0.6 is 11.6 Å². The van der Waals surface area contributed by atoms with Crippen molar-refractivity contribution in [3.8, 4) is 80.3 Å². The van der Waals surface area contributed by atoms with Crippen LogP contribution < -0.4 is 19.4 Å². The second-order valence-electron chi connectivity index (χ2n) is 24.3. The molecule has 3 aliphatic heterocycles. The maximum absolute atomic E-state index is 13.5. The summed E-state index contributed by atoms with van der Waals surface area (Å²) in [5, 5.41) is 23.0. The Bertz CT molecular complexity index is 5130. The van der Waals surface area contributed by atoms with E-state index in [1.165, 1.54) is 93.2 Å². The van der Waals surface area contributed by atoms with Gasteiger partial charge in [-0.3, -0.25) is 14.4 Å². The van der Waals surface area contributed by atoms with Crippen molar-refractivity contribution >= 4 is 47.0 Å². The van der Waals surface area contributed by atoms with E-state index in [9.17, 15) is 40.7 Å². The molecule has 0 aliphatic carbocycles. The van der Waals surface area contributed by atoms with Gasteiger partial charge in [0.2, 0.25) is 35.5 Å². The lowest BCUT2D eigenvalue weighted by Crippen LogP contribution is -2.50. The molecule has 107 heavy (non-hydrogen) atoms. The lowest BCUT2D eigenvalue weighted by molar-refractivity contribution is -0.133. The number of aromatic nitrogens is 15. The van der Waals surface area contributed by atoms with Gasteiger partial charge in [0.15, 0.2) is 34.9 Å². The number of benzene rings is 6. The molecule has 0 atom stereocenters. The Morgan fingerprint density at radius 1 is 0.402 bits per heavy atom. The molecule has 3 amide bonds. The van der Waals surface area contributed by atoms with E-state index in [4.69, 9.17) is 21.6 Å². The molecule has 542 valence electrons. The smallest absolute Gasteiger partial charge is 0.244 e. The van der Waals surface area contributed by atoms with Crippen molar-refractivity contribution in [1.82, 2.24) is 88.9 Å². The summed E-state index contributed by atoms with van der Waals surface area (Å²) in [6.07, 6.45) is 4.59. The van der Waals surface area contributed by atoms with E-state index in [0.717, 1.165) is 5.82 Å². The van der Waals surface area contributed by atoms with Crippen LogP contribution in [0.5, 0.6) is 5.88 Å². The number of carbonyl (C=O) groups excluding carboxylic acids is 3. The van der Waals surface area contributed by atoms with Gasteiger partial charge in [-0.05, 0) is 152 Å². The van der Waals surface area contributed by atoms with E-state index in [1.54, 1.807) is 125 Å². The van der Waals surface area contributed by atoms with Gasteiger partial charge in [0.25, 0.3) is 0 Å². The average Bonchev–Trinajstić information content (AvgIpc) is 1.67. The highest BCUT2D eigenvalue weighted by molar-refractivity contribution is 6.29. The minimum absolute atomic E-state index is 0.0414. The van der Waals surface area contributed by atoms with E-state index in [1.807, 2.05) is 20.8 Å². The lowest BCUT2D eigenvalue weighted by Gasteiger charge is -2.35. The molecule has 0 bridgehead atoms. The number of hydrogen-bond donors (Lipinski definition) is 0. The molecule has 0 N–H and O–H groups in total. The number of hydrogen-bond acceptors (Lipinski definition) is 20. The Kier molecular flexibility index (Phi) is 22.4. The maximum Gasteiger partial charge on any atom is 0.244 e. The van der Waals surface area contributed by atoms with Crippen molar-refractivity contribution in [2.45, 2.75) is 19.6 Å². The van der Waals surface area contributed by atoms with Crippen LogP contribution in [0.1, 0.15) is 5.69 Å². The standard InChI is InChI=1S/C25H20F2N8O.C25H23F2N7O2.C24H20ClF2N7O/c26-19-5-1-17(2-6-19)23-31-24(18-3-7-20(27)8-4-18)35(32-23)16-22(36)33-11-13-34(14-12-33)25-29-10-9-21(15-28)30-25;1-36-21-10-11-28-25(29-21)33-14-12-32(13-15-33)22(35)16-34-24(18-4-8-20(27)9-5-18)30-23(31-34)17-2-6-19(26)7-3-17;25-20-13-21(29-15-28-20)32-9-11-33(12-10-32)22(35)14-34-24(17-3-7-19(27)8-4-17)30-23(31-34)16-1-5-18(26)6-2-16/h1-10H,11-14,16H2;2-11H,12-16H2,1H3;1-8,13,15H,9-12,14H2. The zero-order chi connectivity index (χ0) is 74.5.